The van der Waals surface area contributed by atoms with Crippen molar-refractivity contribution in [2.45, 2.75) is 44.7 Å². The van der Waals surface area contributed by atoms with E-state index in [-0.39, 0.29) is 11.9 Å². The molecule has 0 bridgehead atoms. The molecule has 1 fully saturated rings. The second kappa shape index (κ2) is 6.15. The number of nitrogens with zero attached hydrogens (tertiary/aromatic N) is 1. The second-order valence-electron chi connectivity index (χ2n) is 6.12. The highest BCUT2D eigenvalue weighted by atomic mass is 35.5. The quantitative estimate of drug-likeness (QED) is 0.905. The third-order valence-corrected chi connectivity index (χ3v) is 5.64. The van der Waals surface area contributed by atoms with Crippen LogP contribution in [-0.2, 0) is 17.8 Å². The number of hydrogen-bond donors (Lipinski definition) is 1. The van der Waals surface area contributed by atoms with Gasteiger partial charge in [-0.25, -0.2) is 0 Å². The Morgan fingerprint density at radius 2 is 2.14 bits per heavy atom. The molecule has 1 aromatic carbocycles. The van der Waals surface area contributed by atoms with Crippen molar-refractivity contribution in [2.75, 3.05) is 6.54 Å². The Labute approximate surface area is 135 Å². The van der Waals surface area contributed by atoms with Gasteiger partial charge in [-0.05, 0) is 42.4 Å². The first-order valence-corrected chi connectivity index (χ1v) is 8.31. The smallest absolute Gasteiger partial charge is 0.223 e. The normalized spacial score (nSPS) is 25.0. The highest BCUT2D eigenvalue weighted by molar-refractivity contribution is 6.42. The molecule has 0 spiro atoms. The topological polar surface area (TPSA) is 46.3 Å². The van der Waals surface area contributed by atoms with Crippen LogP contribution in [-0.4, -0.2) is 23.4 Å². The predicted molar refractivity (Wildman–Crippen MR) is 85.5 cm³/mol. The molecule has 0 saturated heterocycles. The van der Waals surface area contributed by atoms with Crippen molar-refractivity contribution in [1.29, 1.82) is 0 Å². The molecule has 5 heteroatoms. The van der Waals surface area contributed by atoms with Gasteiger partial charge in [0.2, 0.25) is 5.91 Å². The van der Waals surface area contributed by atoms with E-state index in [1.54, 1.807) is 0 Å². The van der Waals surface area contributed by atoms with Gasteiger partial charge in [0.05, 0.1) is 10.0 Å². The van der Waals surface area contributed by atoms with E-state index in [1.807, 2.05) is 17.0 Å². The fraction of sp³-hybridized carbons (Fsp3) is 0.562. The molecular formula is C16H20Cl2N2O. The first kappa shape index (κ1) is 15.1. The van der Waals surface area contributed by atoms with Crippen molar-refractivity contribution in [1.82, 2.24) is 4.90 Å². The van der Waals surface area contributed by atoms with E-state index in [1.165, 1.54) is 0 Å². The van der Waals surface area contributed by atoms with E-state index in [4.69, 9.17) is 28.9 Å². The van der Waals surface area contributed by atoms with Crippen LogP contribution in [0, 0.1) is 5.92 Å². The molecule has 1 saturated carbocycles. The maximum atomic E-state index is 12.5. The van der Waals surface area contributed by atoms with Crippen molar-refractivity contribution in [3.63, 3.8) is 0 Å². The number of nitrogens with two attached hydrogens (primary N) is 1. The SMILES string of the molecule is N[C@@H]1CCC[C@H]1CC(=O)N1CCc2c(ccc(Cl)c2Cl)C1. The number of benzene rings is 1. The van der Waals surface area contributed by atoms with E-state index in [9.17, 15) is 4.79 Å². The summed E-state index contributed by atoms with van der Waals surface area (Å²) in [5.41, 5.74) is 8.27. The molecule has 21 heavy (non-hydrogen) atoms. The summed E-state index contributed by atoms with van der Waals surface area (Å²) in [5.74, 6) is 0.571. The Bertz CT molecular complexity index is 561. The van der Waals surface area contributed by atoms with Crippen LogP contribution in [0.3, 0.4) is 0 Å². The van der Waals surface area contributed by atoms with E-state index >= 15 is 0 Å². The molecule has 2 atom stereocenters. The third kappa shape index (κ3) is 3.05. The Hall–Kier alpha value is -0.770. The molecule has 114 valence electrons. The number of rotatable bonds is 2. The average Bonchev–Trinajstić information content (AvgIpc) is 2.88. The zero-order valence-electron chi connectivity index (χ0n) is 11.9. The van der Waals surface area contributed by atoms with Crippen molar-refractivity contribution >= 4 is 29.1 Å². The lowest BCUT2D eigenvalue weighted by Crippen LogP contribution is -2.38. The number of carbonyl (C=O) groups excluding carboxylic acids is 1. The number of fused-ring (bicyclic) bond motifs is 1. The number of halogens is 2. The van der Waals surface area contributed by atoms with Gasteiger partial charge in [-0.15, -0.1) is 0 Å². The molecule has 1 aromatic rings. The first-order valence-electron chi connectivity index (χ1n) is 7.55. The van der Waals surface area contributed by atoms with Gasteiger partial charge in [0.1, 0.15) is 0 Å². The van der Waals surface area contributed by atoms with Gasteiger partial charge in [0.25, 0.3) is 0 Å². The summed E-state index contributed by atoms with van der Waals surface area (Å²) in [4.78, 5) is 14.4. The summed E-state index contributed by atoms with van der Waals surface area (Å²) in [5, 5.41) is 1.23. The van der Waals surface area contributed by atoms with Crippen LogP contribution in [0.2, 0.25) is 10.0 Å². The van der Waals surface area contributed by atoms with Gasteiger partial charge >= 0.3 is 0 Å². The van der Waals surface area contributed by atoms with E-state index in [2.05, 4.69) is 0 Å². The Balaban J connectivity index is 1.68. The van der Waals surface area contributed by atoms with Crippen molar-refractivity contribution in [3.05, 3.63) is 33.3 Å². The second-order valence-corrected chi connectivity index (χ2v) is 6.91. The number of carbonyl (C=O) groups is 1. The molecule has 2 aliphatic rings. The Kier molecular flexibility index (Phi) is 4.43. The molecule has 1 aliphatic carbocycles. The lowest BCUT2D eigenvalue weighted by molar-refractivity contribution is -0.133. The average molecular weight is 327 g/mol. The summed E-state index contributed by atoms with van der Waals surface area (Å²) in [7, 11) is 0. The van der Waals surface area contributed by atoms with E-state index < -0.39 is 0 Å². The molecule has 0 unspecified atom stereocenters. The zero-order valence-corrected chi connectivity index (χ0v) is 13.5. The highest BCUT2D eigenvalue weighted by Crippen LogP contribution is 2.33. The fourth-order valence-corrected chi connectivity index (χ4v) is 3.92. The highest BCUT2D eigenvalue weighted by Gasteiger charge is 2.29. The number of hydrogen-bond acceptors (Lipinski definition) is 2. The predicted octanol–water partition coefficient (Wildman–Crippen LogP) is 3.40. The van der Waals surface area contributed by atoms with Gasteiger partial charge in [0, 0.05) is 25.6 Å². The summed E-state index contributed by atoms with van der Waals surface area (Å²) >= 11 is 12.3. The van der Waals surface area contributed by atoms with Gasteiger partial charge in [-0.1, -0.05) is 35.7 Å². The molecule has 3 nitrogen and oxygen atoms in total. The minimum absolute atomic E-state index is 0.194. The van der Waals surface area contributed by atoms with Crippen LogP contribution >= 0.6 is 23.2 Å². The largest absolute Gasteiger partial charge is 0.338 e. The fourth-order valence-electron chi connectivity index (χ4n) is 3.47. The summed E-state index contributed by atoms with van der Waals surface area (Å²) < 4.78 is 0. The van der Waals surface area contributed by atoms with Gasteiger partial charge in [-0.2, -0.15) is 0 Å². The maximum Gasteiger partial charge on any atom is 0.223 e. The minimum atomic E-state index is 0.194. The van der Waals surface area contributed by atoms with Crippen molar-refractivity contribution in [2.24, 2.45) is 11.7 Å². The molecular weight excluding hydrogens is 307 g/mol. The lowest BCUT2D eigenvalue weighted by atomic mass is 9.96. The van der Waals surface area contributed by atoms with Crippen LogP contribution in [0.1, 0.15) is 36.8 Å². The lowest BCUT2D eigenvalue weighted by Gasteiger charge is -2.31. The molecule has 2 N–H and O–H groups in total. The molecule has 0 aromatic heterocycles. The van der Waals surface area contributed by atoms with Gasteiger partial charge < -0.3 is 10.6 Å². The van der Waals surface area contributed by atoms with E-state index in [0.717, 1.165) is 36.8 Å². The van der Waals surface area contributed by atoms with Crippen molar-refractivity contribution < 1.29 is 4.79 Å². The van der Waals surface area contributed by atoms with Crippen LogP contribution < -0.4 is 5.73 Å². The molecule has 1 amide bonds. The summed E-state index contributed by atoms with van der Waals surface area (Å²) in [6.07, 6.45) is 4.64. The zero-order chi connectivity index (χ0) is 15.0. The van der Waals surface area contributed by atoms with E-state index in [0.29, 0.717) is 35.5 Å². The standard InChI is InChI=1S/C16H20Cl2N2O/c17-13-5-4-11-9-20(7-6-12(11)16(13)18)15(21)8-10-2-1-3-14(10)19/h4-5,10,14H,1-3,6-9,19H2/t10-,14+/m0/s1. The third-order valence-electron chi connectivity index (χ3n) is 4.79. The minimum Gasteiger partial charge on any atom is -0.338 e. The summed E-state index contributed by atoms with van der Waals surface area (Å²) in [6.45, 7) is 1.35. The monoisotopic (exact) mass is 326 g/mol. The van der Waals surface area contributed by atoms with Crippen LogP contribution in [0.5, 0.6) is 0 Å². The van der Waals surface area contributed by atoms with Gasteiger partial charge in [0.15, 0.2) is 0 Å². The van der Waals surface area contributed by atoms with Crippen LogP contribution in [0.15, 0.2) is 12.1 Å². The Morgan fingerprint density at radius 1 is 1.33 bits per heavy atom. The van der Waals surface area contributed by atoms with Crippen molar-refractivity contribution in [3.8, 4) is 0 Å². The number of amides is 1. The Morgan fingerprint density at radius 3 is 2.86 bits per heavy atom. The molecule has 1 aliphatic heterocycles. The first-order chi connectivity index (χ1) is 10.1. The maximum absolute atomic E-state index is 12.5. The van der Waals surface area contributed by atoms with Gasteiger partial charge in [-0.3, -0.25) is 4.79 Å². The molecule has 3 rings (SSSR count). The van der Waals surface area contributed by atoms with Crippen LogP contribution in [0.25, 0.3) is 0 Å². The molecule has 1 heterocycles. The molecule has 0 radical (unpaired) electrons. The van der Waals surface area contributed by atoms with Crippen LogP contribution in [0.4, 0.5) is 0 Å². The summed E-state index contributed by atoms with van der Waals surface area (Å²) in [6, 6.07) is 3.98.